The van der Waals surface area contributed by atoms with Crippen LogP contribution in [-0.2, 0) is 0 Å². The van der Waals surface area contributed by atoms with Crippen LogP contribution >= 0.6 is 0 Å². The number of ether oxygens (including phenoxy) is 1. The maximum Gasteiger partial charge on any atom is 0.270 e. The summed E-state index contributed by atoms with van der Waals surface area (Å²) in [6, 6.07) is 19.7. The highest BCUT2D eigenvalue weighted by Gasteiger charge is 2.11. The topological polar surface area (TPSA) is 139 Å². The van der Waals surface area contributed by atoms with Crippen molar-refractivity contribution in [2.75, 3.05) is 23.2 Å². The Balaban J connectivity index is 1.62. The van der Waals surface area contributed by atoms with Crippen LogP contribution in [0.5, 0.6) is 5.75 Å². The molecule has 0 amide bonds. The number of nitrogens with zero attached hydrogens (tertiary/aromatic N) is 5. The number of nitro groups is 1. The number of nitrogens with one attached hydrogen (secondary N) is 3. The van der Waals surface area contributed by atoms with Gasteiger partial charge >= 0.3 is 0 Å². The first-order chi connectivity index (χ1) is 17.4. The summed E-state index contributed by atoms with van der Waals surface area (Å²) in [5, 5.41) is 21.7. The van der Waals surface area contributed by atoms with Gasteiger partial charge in [0.15, 0.2) is 0 Å². The third-order valence-electron chi connectivity index (χ3n) is 5.09. The van der Waals surface area contributed by atoms with E-state index in [0.29, 0.717) is 23.2 Å². The van der Waals surface area contributed by atoms with E-state index in [1.165, 1.54) is 31.5 Å². The van der Waals surface area contributed by atoms with E-state index in [9.17, 15) is 10.1 Å². The summed E-state index contributed by atoms with van der Waals surface area (Å²) in [5.74, 6) is 1.21. The first-order valence-corrected chi connectivity index (χ1v) is 11.0. The third kappa shape index (κ3) is 6.08. The zero-order valence-electron chi connectivity index (χ0n) is 19.9. The second-order valence-electron chi connectivity index (χ2n) is 7.79. The lowest BCUT2D eigenvalue weighted by Crippen LogP contribution is -2.08. The van der Waals surface area contributed by atoms with E-state index >= 15 is 0 Å². The minimum atomic E-state index is -0.483. The normalized spacial score (nSPS) is 10.8. The number of anilines is 5. The van der Waals surface area contributed by atoms with Gasteiger partial charge in [-0.2, -0.15) is 20.1 Å². The number of benzene rings is 3. The largest absolute Gasteiger partial charge is 0.496 e. The molecule has 4 rings (SSSR count). The van der Waals surface area contributed by atoms with Gasteiger partial charge in [-0.1, -0.05) is 35.9 Å². The Labute approximate surface area is 207 Å². The number of aromatic nitrogens is 3. The highest BCUT2D eigenvalue weighted by Crippen LogP contribution is 2.24. The molecule has 0 aliphatic rings. The van der Waals surface area contributed by atoms with E-state index in [1.807, 2.05) is 56.3 Å². The standard InChI is InChI=1S/C25H24N8O3/c1-16-9-11-21(17(2)13-16)28-24-29-23(27-19-7-5-4-6-8-19)30-25(31-24)32-26-15-18-14-20(33(34)35)10-12-22(18)36-3/h4-15H,1-3H3,(H3,27,28,29,30,31,32)/b26-15+. The van der Waals surface area contributed by atoms with Crippen molar-refractivity contribution in [2.45, 2.75) is 13.8 Å². The summed E-state index contributed by atoms with van der Waals surface area (Å²) >= 11 is 0. The van der Waals surface area contributed by atoms with E-state index in [2.05, 4.69) is 42.2 Å². The van der Waals surface area contributed by atoms with Crippen molar-refractivity contribution >= 4 is 41.1 Å². The monoisotopic (exact) mass is 484 g/mol. The fraction of sp³-hybridized carbons (Fsp3) is 0.120. The Morgan fingerprint density at radius 1 is 0.917 bits per heavy atom. The molecule has 182 valence electrons. The molecule has 4 aromatic rings. The highest BCUT2D eigenvalue weighted by atomic mass is 16.6. The maximum absolute atomic E-state index is 11.1. The number of para-hydroxylation sites is 1. The average molecular weight is 485 g/mol. The Kier molecular flexibility index (Phi) is 7.30. The Morgan fingerprint density at radius 2 is 1.64 bits per heavy atom. The molecule has 11 heteroatoms. The van der Waals surface area contributed by atoms with Gasteiger partial charge in [-0.3, -0.25) is 10.1 Å². The number of hydrazone groups is 1. The van der Waals surface area contributed by atoms with Gasteiger partial charge in [-0.05, 0) is 43.7 Å². The summed E-state index contributed by atoms with van der Waals surface area (Å²) < 4.78 is 5.27. The van der Waals surface area contributed by atoms with Gasteiger partial charge in [0.1, 0.15) is 5.75 Å². The highest BCUT2D eigenvalue weighted by molar-refractivity contribution is 5.85. The minimum Gasteiger partial charge on any atom is -0.496 e. The summed E-state index contributed by atoms with van der Waals surface area (Å²) in [6.07, 6.45) is 1.40. The smallest absolute Gasteiger partial charge is 0.270 e. The summed E-state index contributed by atoms with van der Waals surface area (Å²) in [4.78, 5) is 23.9. The molecular formula is C25H24N8O3. The fourth-order valence-corrected chi connectivity index (χ4v) is 3.36. The van der Waals surface area contributed by atoms with Crippen LogP contribution in [0.2, 0.25) is 0 Å². The molecule has 1 heterocycles. The number of non-ortho nitro benzene ring substituents is 1. The molecule has 0 aliphatic heterocycles. The number of aryl methyl sites for hydroxylation is 2. The zero-order valence-corrected chi connectivity index (χ0v) is 19.9. The molecule has 0 saturated heterocycles. The summed E-state index contributed by atoms with van der Waals surface area (Å²) in [6.45, 7) is 4.02. The molecule has 0 bridgehead atoms. The first kappa shape index (κ1) is 24.1. The van der Waals surface area contributed by atoms with Gasteiger partial charge in [0.2, 0.25) is 17.8 Å². The zero-order chi connectivity index (χ0) is 25.5. The average Bonchev–Trinajstić information content (AvgIpc) is 2.86. The minimum absolute atomic E-state index is 0.0771. The summed E-state index contributed by atoms with van der Waals surface area (Å²) in [5.41, 5.74) is 6.96. The van der Waals surface area contributed by atoms with Crippen molar-refractivity contribution < 1.29 is 9.66 Å². The van der Waals surface area contributed by atoms with Gasteiger partial charge in [-0.25, -0.2) is 5.43 Å². The molecule has 3 N–H and O–H groups in total. The molecule has 0 aliphatic carbocycles. The van der Waals surface area contributed by atoms with Crippen LogP contribution in [0.15, 0.2) is 71.8 Å². The van der Waals surface area contributed by atoms with Crippen molar-refractivity contribution in [1.29, 1.82) is 0 Å². The van der Waals surface area contributed by atoms with Crippen molar-refractivity contribution in [3.05, 3.63) is 93.5 Å². The van der Waals surface area contributed by atoms with Crippen LogP contribution in [-0.4, -0.2) is 33.2 Å². The molecular weight excluding hydrogens is 460 g/mol. The van der Waals surface area contributed by atoms with Crippen molar-refractivity contribution in [1.82, 2.24) is 15.0 Å². The Morgan fingerprint density at radius 3 is 2.33 bits per heavy atom. The molecule has 0 atom stereocenters. The quantitative estimate of drug-likeness (QED) is 0.163. The number of nitro benzene ring substituents is 1. The number of methoxy groups -OCH3 is 1. The van der Waals surface area contributed by atoms with Crippen LogP contribution in [0.25, 0.3) is 0 Å². The predicted octanol–water partition coefficient (Wildman–Crippen LogP) is 5.34. The van der Waals surface area contributed by atoms with E-state index in [-0.39, 0.29) is 11.6 Å². The van der Waals surface area contributed by atoms with Gasteiger partial charge in [0, 0.05) is 29.1 Å². The molecule has 1 aromatic heterocycles. The van der Waals surface area contributed by atoms with Crippen LogP contribution < -0.4 is 20.8 Å². The third-order valence-corrected chi connectivity index (χ3v) is 5.09. The van der Waals surface area contributed by atoms with Gasteiger partial charge in [0.25, 0.3) is 5.69 Å². The van der Waals surface area contributed by atoms with E-state index in [1.54, 1.807) is 0 Å². The molecule has 0 unspecified atom stereocenters. The number of hydrogen-bond acceptors (Lipinski definition) is 10. The SMILES string of the molecule is COc1ccc([N+](=O)[O-])cc1/C=N/Nc1nc(Nc2ccccc2)nc(Nc2ccc(C)cc2C)n1. The van der Waals surface area contributed by atoms with E-state index in [4.69, 9.17) is 4.74 Å². The lowest BCUT2D eigenvalue weighted by atomic mass is 10.1. The molecule has 36 heavy (non-hydrogen) atoms. The second-order valence-corrected chi connectivity index (χ2v) is 7.79. The van der Waals surface area contributed by atoms with Crippen LogP contribution in [0, 0.1) is 24.0 Å². The van der Waals surface area contributed by atoms with Crippen LogP contribution in [0.1, 0.15) is 16.7 Å². The van der Waals surface area contributed by atoms with Crippen LogP contribution in [0.3, 0.4) is 0 Å². The lowest BCUT2D eigenvalue weighted by molar-refractivity contribution is -0.384. The number of hydrogen-bond donors (Lipinski definition) is 3. The second kappa shape index (κ2) is 10.9. The summed E-state index contributed by atoms with van der Waals surface area (Å²) in [7, 11) is 1.48. The van der Waals surface area contributed by atoms with E-state index in [0.717, 1.165) is 22.5 Å². The molecule has 0 saturated carbocycles. The molecule has 0 spiro atoms. The Hall–Kier alpha value is -5.06. The predicted molar refractivity (Wildman–Crippen MR) is 140 cm³/mol. The number of rotatable bonds is 9. The van der Waals surface area contributed by atoms with Gasteiger partial charge < -0.3 is 15.4 Å². The first-order valence-electron chi connectivity index (χ1n) is 11.0. The Bertz CT molecular complexity index is 1410. The molecule has 0 fully saturated rings. The van der Waals surface area contributed by atoms with Crippen molar-refractivity contribution in [3.63, 3.8) is 0 Å². The molecule has 3 aromatic carbocycles. The van der Waals surface area contributed by atoms with Crippen LogP contribution in [0.4, 0.5) is 34.9 Å². The van der Waals surface area contributed by atoms with Crippen molar-refractivity contribution in [2.24, 2.45) is 5.10 Å². The lowest BCUT2D eigenvalue weighted by Gasteiger charge is -2.12. The fourth-order valence-electron chi connectivity index (χ4n) is 3.36. The van der Waals surface area contributed by atoms with Gasteiger partial charge in [-0.15, -0.1) is 0 Å². The maximum atomic E-state index is 11.1. The molecule has 11 nitrogen and oxygen atoms in total. The van der Waals surface area contributed by atoms with Gasteiger partial charge in [0.05, 0.1) is 18.2 Å². The van der Waals surface area contributed by atoms with E-state index < -0.39 is 4.92 Å². The molecule has 0 radical (unpaired) electrons. The van der Waals surface area contributed by atoms with Crippen molar-refractivity contribution in [3.8, 4) is 5.75 Å².